The largest absolute Gasteiger partial charge is 1.00 e. The molecule has 0 unspecified atom stereocenters. The van der Waals surface area contributed by atoms with Crippen LogP contribution in [0.1, 0.15) is 53.6 Å². The second-order valence-corrected chi connectivity index (χ2v) is 9.28. The van der Waals surface area contributed by atoms with Crippen LogP contribution >= 0.6 is 8.58 Å². The van der Waals surface area contributed by atoms with Crippen molar-refractivity contribution in [2.75, 3.05) is 0 Å². The maximum atomic E-state index is 13.5. The molecule has 1 fully saturated rings. The average Bonchev–Trinajstić information content (AvgIpc) is 2.83. The van der Waals surface area contributed by atoms with Gasteiger partial charge in [0, 0.05) is 5.52 Å². The Labute approximate surface area is 204 Å². The molecule has 3 nitrogen and oxygen atoms in total. The molecule has 1 aliphatic carbocycles. The standard InChI is InChI=1S/C27H28O3P.Li/c28-27(31-25-17-8-3-9-18-25)26-21(19-29-23-13-4-1-5-14-23)11-10-12-22(26)20-30-24-15-6-2-7-16-24;/h1-2,4-7,10-16,25H,3,8-9,17-20H2;/q-1;+1. The SMILES string of the molecule is O=C([P-]C1CCCCC1)c1c(COc2ccccc2)cccc1COc1ccccc1.[Li+]. The van der Waals surface area contributed by atoms with E-state index in [-0.39, 0.29) is 24.4 Å². The molecule has 160 valence electrons. The Morgan fingerprint density at radius 3 is 1.72 bits per heavy atom. The van der Waals surface area contributed by atoms with E-state index >= 15 is 0 Å². The topological polar surface area (TPSA) is 35.5 Å². The maximum Gasteiger partial charge on any atom is 1.00 e. The molecular formula is C27H28LiO3P. The predicted octanol–water partition coefficient (Wildman–Crippen LogP) is 4.27. The first kappa shape index (κ1) is 24.6. The second-order valence-electron chi connectivity index (χ2n) is 7.88. The molecular weight excluding hydrogens is 410 g/mol. The number of para-hydroxylation sites is 2. The zero-order valence-corrected chi connectivity index (χ0v) is 19.6. The molecule has 4 rings (SSSR count). The normalized spacial score (nSPS) is 14.1. The van der Waals surface area contributed by atoms with Gasteiger partial charge in [-0.15, -0.1) is 0 Å². The molecule has 3 aromatic carbocycles. The minimum Gasteiger partial charge on any atom is -0.489 e. The first-order chi connectivity index (χ1) is 15.3. The molecule has 0 heterocycles. The van der Waals surface area contributed by atoms with Crippen LogP contribution in [0.15, 0.2) is 78.9 Å². The molecule has 32 heavy (non-hydrogen) atoms. The smallest absolute Gasteiger partial charge is 0.489 e. The van der Waals surface area contributed by atoms with Gasteiger partial charge in [0.2, 0.25) is 0 Å². The Bertz CT molecular complexity index is 911. The van der Waals surface area contributed by atoms with Crippen molar-refractivity contribution in [1.29, 1.82) is 0 Å². The van der Waals surface area contributed by atoms with Crippen molar-refractivity contribution < 1.29 is 33.1 Å². The number of carbonyl (C=O) groups excluding carboxylic acids is 1. The quantitative estimate of drug-likeness (QED) is 0.370. The Morgan fingerprint density at radius 2 is 1.22 bits per heavy atom. The van der Waals surface area contributed by atoms with E-state index in [4.69, 9.17) is 9.47 Å². The van der Waals surface area contributed by atoms with Crippen molar-refractivity contribution in [3.05, 3.63) is 95.6 Å². The van der Waals surface area contributed by atoms with Gasteiger partial charge in [-0.1, -0.05) is 86.7 Å². The van der Waals surface area contributed by atoms with Crippen molar-refractivity contribution in [3.8, 4) is 11.5 Å². The van der Waals surface area contributed by atoms with E-state index in [1.165, 1.54) is 19.3 Å². The monoisotopic (exact) mass is 438 g/mol. The fraction of sp³-hybridized carbons (Fsp3) is 0.296. The molecule has 1 aliphatic rings. The summed E-state index contributed by atoms with van der Waals surface area (Å²) in [6.07, 6.45) is 6.04. The summed E-state index contributed by atoms with van der Waals surface area (Å²) in [5, 5.41) is 0. The zero-order valence-electron chi connectivity index (χ0n) is 18.7. The van der Waals surface area contributed by atoms with Gasteiger partial charge >= 0.3 is 18.9 Å². The van der Waals surface area contributed by atoms with Gasteiger partial charge in [0.25, 0.3) is 0 Å². The van der Waals surface area contributed by atoms with E-state index in [1.807, 2.05) is 78.9 Å². The van der Waals surface area contributed by atoms with Crippen LogP contribution in [0.5, 0.6) is 11.5 Å². The van der Waals surface area contributed by atoms with Crippen LogP contribution in [0.4, 0.5) is 0 Å². The predicted molar refractivity (Wildman–Crippen MR) is 126 cm³/mol. The van der Waals surface area contributed by atoms with Crippen molar-refractivity contribution >= 4 is 14.1 Å². The molecule has 3 aromatic rings. The summed E-state index contributed by atoms with van der Waals surface area (Å²) in [6.45, 7) is 0.731. The number of benzene rings is 3. The second kappa shape index (κ2) is 12.9. The first-order valence-corrected chi connectivity index (χ1v) is 12.0. The van der Waals surface area contributed by atoms with E-state index in [0.717, 1.165) is 49.6 Å². The van der Waals surface area contributed by atoms with E-state index in [9.17, 15) is 4.79 Å². The van der Waals surface area contributed by atoms with Crippen molar-refractivity contribution in [1.82, 2.24) is 0 Å². The van der Waals surface area contributed by atoms with E-state index in [1.54, 1.807) is 0 Å². The summed E-state index contributed by atoms with van der Waals surface area (Å²) in [5.41, 5.74) is 3.26. The third-order valence-electron chi connectivity index (χ3n) is 5.60. The van der Waals surface area contributed by atoms with E-state index in [2.05, 4.69) is 0 Å². The fourth-order valence-corrected chi connectivity index (χ4v) is 5.34. The van der Waals surface area contributed by atoms with Crippen LogP contribution in [-0.4, -0.2) is 11.2 Å². The summed E-state index contributed by atoms with van der Waals surface area (Å²) < 4.78 is 12.0. The third-order valence-corrected chi connectivity index (χ3v) is 6.94. The van der Waals surface area contributed by atoms with Gasteiger partial charge in [-0.3, -0.25) is 0 Å². The van der Waals surface area contributed by atoms with Crippen LogP contribution < -0.4 is 28.3 Å². The van der Waals surface area contributed by atoms with Crippen LogP contribution in [0, 0.1) is 0 Å². The number of hydrogen-bond acceptors (Lipinski definition) is 3. The van der Waals surface area contributed by atoms with Crippen molar-refractivity contribution in [2.45, 2.75) is 51.0 Å². The van der Waals surface area contributed by atoms with Crippen LogP contribution in [0.25, 0.3) is 0 Å². The fourth-order valence-electron chi connectivity index (χ4n) is 3.96. The molecule has 5 heteroatoms. The average molecular weight is 438 g/mol. The number of carbonyl (C=O) groups is 1. The molecule has 0 N–H and O–H groups in total. The zero-order chi connectivity index (χ0) is 21.3. The van der Waals surface area contributed by atoms with Crippen LogP contribution in [0.2, 0.25) is 0 Å². The summed E-state index contributed by atoms with van der Waals surface area (Å²) in [5.74, 6) is 1.60. The Morgan fingerprint density at radius 1 is 0.719 bits per heavy atom. The van der Waals surface area contributed by atoms with Crippen LogP contribution in [-0.2, 0) is 13.2 Å². The molecule has 0 spiro atoms. The first-order valence-electron chi connectivity index (χ1n) is 11.0. The molecule has 0 aliphatic heterocycles. The van der Waals surface area contributed by atoms with E-state index < -0.39 is 0 Å². The summed E-state index contributed by atoms with van der Waals surface area (Å²) >= 11 is 0. The van der Waals surface area contributed by atoms with Gasteiger partial charge in [-0.05, 0) is 41.0 Å². The minimum atomic E-state index is 0. The van der Waals surface area contributed by atoms with Crippen molar-refractivity contribution in [2.24, 2.45) is 0 Å². The van der Waals surface area contributed by atoms with Gasteiger partial charge in [0.1, 0.15) is 24.7 Å². The van der Waals surface area contributed by atoms with Gasteiger partial charge in [0.05, 0.1) is 0 Å². The Balaban J connectivity index is 0.00000289. The number of ether oxygens (including phenoxy) is 2. The Kier molecular flexibility index (Phi) is 9.88. The number of hydrogen-bond donors (Lipinski definition) is 0. The van der Waals surface area contributed by atoms with Crippen LogP contribution in [0.3, 0.4) is 0 Å². The van der Waals surface area contributed by atoms with E-state index in [0.29, 0.717) is 18.9 Å². The van der Waals surface area contributed by atoms with Crippen molar-refractivity contribution in [3.63, 3.8) is 0 Å². The Hall–Kier alpha value is -2.04. The molecule has 0 bridgehead atoms. The summed E-state index contributed by atoms with van der Waals surface area (Å²) in [7, 11) is 0.906. The minimum absolute atomic E-state index is 0. The van der Waals surface area contributed by atoms with Gasteiger partial charge in [-0.2, -0.15) is 5.66 Å². The molecule has 0 aromatic heterocycles. The van der Waals surface area contributed by atoms with Gasteiger partial charge in [0.15, 0.2) is 0 Å². The maximum absolute atomic E-state index is 13.5. The molecule has 1 saturated carbocycles. The third kappa shape index (κ3) is 6.98. The number of rotatable bonds is 9. The molecule has 0 amide bonds. The van der Waals surface area contributed by atoms with Gasteiger partial charge in [-0.25, -0.2) is 0 Å². The molecule has 0 radical (unpaired) electrons. The molecule has 0 saturated heterocycles. The summed E-state index contributed by atoms with van der Waals surface area (Å²) in [6, 6.07) is 25.5. The molecule has 0 atom stereocenters. The van der Waals surface area contributed by atoms with Gasteiger partial charge < -0.3 is 22.8 Å². The summed E-state index contributed by atoms with van der Waals surface area (Å²) in [4.78, 5) is 13.5.